The zero-order valence-corrected chi connectivity index (χ0v) is 16.1. The van der Waals surface area contributed by atoms with Crippen LogP contribution < -0.4 is 20.1 Å². The van der Waals surface area contributed by atoms with Crippen LogP contribution in [0.2, 0.25) is 5.02 Å². The maximum absolute atomic E-state index is 12.1. The summed E-state index contributed by atoms with van der Waals surface area (Å²) < 4.78 is 11.2. The van der Waals surface area contributed by atoms with Gasteiger partial charge in [0.05, 0.1) is 23.9 Å². The number of nitrogens with one attached hydrogen (secondary N) is 2. The summed E-state index contributed by atoms with van der Waals surface area (Å²) in [6.45, 7) is 4.26. The van der Waals surface area contributed by atoms with Crippen molar-refractivity contribution < 1.29 is 19.1 Å². The van der Waals surface area contributed by atoms with Gasteiger partial charge in [0, 0.05) is 19.0 Å². The highest BCUT2D eigenvalue weighted by Crippen LogP contribution is 2.27. The fourth-order valence-corrected chi connectivity index (χ4v) is 2.54. The van der Waals surface area contributed by atoms with E-state index in [0.29, 0.717) is 54.0 Å². The van der Waals surface area contributed by atoms with Gasteiger partial charge in [-0.25, -0.2) is 0 Å². The Morgan fingerprint density at radius 2 is 1.74 bits per heavy atom. The molecule has 0 unspecified atom stereocenters. The predicted octanol–water partition coefficient (Wildman–Crippen LogP) is 4.49. The van der Waals surface area contributed by atoms with Gasteiger partial charge in [-0.05, 0) is 43.7 Å². The molecular weight excluding hydrogens is 368 g/mol. The van der Waals surface area contributed by atoms with Crippen molar-refractivity contribution in [3.8, 4) is 11.5 Å². The second kappa shape index (κ2) is 10.4. The Morgan fingerprint density at radius 3 is 2.41 bits per heavy atom. The van der Waals surface area contributed by atoms with Crippen LogP contribution in [0.3, 0.4) is 0 Å². The lowest BCUT2D eigenvalue weighted by Crippen LogP contribution is -2.13. The first-order valence-electron chi connectivity index (χ1n) is 8.71. The molecule has 144 valence electrons. The normalized spacial score (nSPS) is 10.2. The second-order valence-electron chi connectivity index (χ2n) is 5.76. The van der Waals surface area contributed by atoms with Gasteiger partial charge in [-0.1, -0.05) is 23.7 Å². The van der Waals surface area contributed by atoms with Crippen LogP contribution in [-0.2, 0) is 9.59 Å². The number of ether oxygens (including phenoxy) is 2. The van der Waals surface area contributed by atoms with Gasteiger partial charge in [0.25, 0.3) is 0 Å². The minimum atomic E-state index is -0.232. The van der Waals surface area contributed by atoms with E-state index >= 15 is 0 Å². The lowest BCUT2D eigenvalue weighted by molar-refractivity contribution is -0.116. The summed E-state index contributed by atoms with van der Waals surface area (Å²) in [7, 11) is 0. The Kier molecular flexibility index (Phi) is 7.95. The number of hydrogen-bond donors (Lipinski definition) is 2. The van der Waals surface area contributed by atoms with Crippen molar-refractivity contribution in [3.63, 3.8) is 0 Å². The molecule has 0 atom stereocenters. The fraction of sp³-hybridized carbons (Fsp3) is 0.300. The summed E-state index contributed by atoms with van der Waals surface area (Å²) in [6.07, 6.45) is 0.854. The number of carbonyl (C=O) groups is 2. The van der Waals surface area contributed by atoms with E-state index in [1.165, 1.54) is 6.92 Å². The molecule has 2 amide bonds. The topological polar surface area (TPSA) is 76.7 Å². The third-order valence-corrected chi connectivity index (χ3v) is 3.85. The van der Waals surface area contributed by atoms with Crippen LogP contribution in [-0.4, -0.2) is 25.0 Å². The van der Waals surface area contributed by atoms with Gasteiger partial charge < -0.3 is 20.1 Å². The van der Waals surface area contributed by atoms with Crippen molar-refractivity contribution in [2.24, 2.45) is 0 Å². The van der Waals surface area contributed by atoms with Crippen LogP contribution in [0.4, 0.5) is 11.4 Å². The SMILES string of the molecule is CCOc1ccccc1OCCCC(=O)Nc1ccc(Cl)c(NC(C)=O)c1. The van der Waals surface area contributed by atoms with E-state index in [1.54, 1.807) is 18.2 Å². The molecule has 0 fully saturated rings. The quantitative estimate of drug-likeness (QED) is 0.618. The average Bonchev–Trinajstić information content (AvgIpc) is 2.63. The Labute approximate surface area is 163 Å². The van der Waals surface area contributed by atoms with E-state index in [-0.39, 0.29) is 11.8 Å². The fourth-order valence-electron chi connectivity index (χ4n) is 2.37. The standard InChI is InChI=1S/C20H23ClN2O4/c1-3-26-18-7-4-5-8-19(18)27-12-6-9-20(25)23-15-10-11-16(21)17(13-15)22-14(2)24/h4-5,7-8,10-11,13H,3,6,9,12H2,1-2H3,(H,22,24)(H,23,25). The van der Waals surface area contributed by atoms with E-state index in [1.807, 2.05) is 31.2 Å². The highest BCUT2D eigenvalue weighted by atomic mass is 35.5. The van der Waals surface area contributed by atoms with Gasteiger partial charge in [0.15, 0.2) is 11.5 Å². The molecule has 0 bridgehead atoms. The molecule has 0 saturated heterocycles. The maximum atomic E-state index is 12.1. The van der Waals surface area contributed by atoms with E-state index in [9.17, 15) is 9.59 Å². The molecular formula is C20H23ClN2O4. The van der Waals surface area contributed by atoms with Gasteiger partial charge in [-0.3, -0.25) is 9.59 Å². The second-order valence-corrected chi connectivity index (χ2v) is 6.16. The van der Waals surface area contributed by atoms with Crippen molar-refractivity contribution in [2.75, 3.05) is 23.8 Å². The molecule has 6 nitrogen and oxygen atoms in total. The van der Waals surface area contributed by atoms with Gasteiger partial charge in [-0.15, -0.1) is 0 Å². The van der Waals surface area contributed by atoms with E-state index < -0.39 is 0 Å². The van der Waals surface area contributed by atoms with Crippen molar-refractivity contribution in [2.45, 2.75) is 26.7 Å². The molecule has 0 spiro atoms. The predicted molar refractivity (Wildman–Crippen MR) is 107 cm³/mol. The van der Waals surface area contributed by atoms with E-state index in [4.69, 9.17) is 21.1 Å². The smallest absolute Gasteiger partial charge is 0.224 e. The molecule has 0 aliphatic carbocycles. The van der Waals surface area contributed by atoms with Crippen LogP contribution in [0, 0.1) is 0 Å². The number of benzene rings is 2. The number of carbonyl (C=O) groups excluding carboxylic acids is 2. The minimum Gasteiger partial charge on any atom is -0.490 e. The van der Waals surface area contributed by atoms with Crippen LogP contribution >= 0.6 is 11.6 Å². The van der Waals surface area contributed by atoms with Gasteiger partial charge in [-0.2, -0.15) is 0 Å². The molecule has 0 aromatic heterocycles. The molecule has 2 aromatic rings. The maximum Gasteiger partial charge on any atom is 0.224 e. The highest BCUT2D eigenvalue weighted by molar-refractivity contribution is 6.33. The molecule has 0 radical (unpaired) electrons. The van der Waals surface area contributed by atoms with E-state index in [2.05, 4.69) is 10.6 Å². The monoisotopic (exact) mass is 390 g/mol. The summed E-state index contributed by atoms with van der Waals surface area (Å²) in [5.41, 5.74) is 1.02. The van der Waals surface area contributed by atoms with Crippen molar-refractivity contribution >= 4 is 34.8 Å². The largest absolute Gasteiger partial charge is 0.490 e. The van der Waals surface area contributed by atoms with Crippen LogP contribution in [0.15, 0.2) is 42.5 Å². The Balaban J connectivity index is 1.81. The van der Waals surface area contributed by atoms with Gasteiger partial charge >= 0.3 is 0 Å². The van der Waals surface area contributed by atoms with Gasteiger partial charge in [0.1, 0.15) is 0 Å². The molecule has 7 heteroatoms. The molecule has 0 aliphatic heterocycles. The molecule has 2 aromatic carbocycles. The Hall–Kier alpha value is -2.73. The van der Waals surface area contributed by atoms with Gasteiger partial charge in [0.2, 0.25) is 11.8 Å². The zero-order chi connectivity index (χ0) is 19.6. The number of para-hydroxylation sites is 2. The summed E-state index contributed by atoms with van der Waals surface area (Å²) in [5, 5.41) is 5.81. The van der Waals surface area contributed by atoms with E-state index in [0.717, 1.165) is 0 Å². The number of hydrogen-bond acceptors (Lipinski definition) is 4. The molecule has 2 N–H and O–H groups in total. The van der Waals surface area contributed by atoms with Crippen molar-refractivity contribution in [3.05, 3.63) is 47.5 Å². The first-order chi connectivity index (χ1) is 13.0. The number of anilines is 2. The highest BCUT2D eigenvalue weighted by Gasteiger charge is 2.08. The number of amides is 2. The lowest BCUT2D eigenvalue weighted by atomic mass is 10.2. The number of rotatable bonds is 9. The first kappa shape index (κ1) is 20.6. The Morgan fingerprint density at radius 1 is 1.04 bits per heavy atom. The first-order valence-corrected chi connectivity index (χ1v) is 9.09. The third kappa shape index (κ3) is 6.83. The molecule has 0 heterocycles. The minimum absolute atomic E-state index is 0.146. The molecule has 27 heavy (non-hydrogen) atoms. The van der Waals surface area contributed by atoms with Crippen LogP contribution in [0.25, 0.3) is 0 Å². The van der Waals surface area contributed by atoms with Crippen molar-refractivity contribution in [1.29, 1.82) is 0 Å². The summed E-state index contributed by atoms with van der Waals surface area (Å²) >= 11 is 6.02. The summed E-state index contributed by atoms with van der Waals surface area (Å²) in [5.74, 6) is 0.978. The van der Waals surface area contributed by atoms with Crippen molar-refractivity contribution in [1.82, 2.24) is 0 Å². The molecule has 0 saturated carbocycles. The third-order valence-electron chi connectivity index (χ3n) is 3.52. The summed E-state index contributed by atoms with van der Waals surface area (Å²) in [4.78, 5) is 23.3. The summed E-state index contributed by atoms with van der Waals surface area (Å²) in [6, 6.07) is 12.4. The number of halogens is 1. The van der Waals surface area contributed by atoms with Crippen LogP contribution in [0.1, 0.15) is 26.7 Å². The average molecular weight is 391 g/mol. The zero-order valence-electron chi connectivity index (χ0n) is 15.4. The Bertz CT molecular complexity index is 795. The molecule has 2 rings (SSSR count). The van der Waals surface area contributed by atoms with Crippen LogP contribution in [0.5, 0.6) is 11.5 Å². The lowest BCUT2D eigenvalue weighted by Gasteiger charge is -2.12. The molecule has 0 aliphatic rings.